The highest BCUT2D eigenvalue weighted by Gasteiger charge is 2.16. The van der Waals surface area contributed by atoms with E-state index in [0.717, 1.165) is 5.56 Å². The van der Waals surface area contributed by atoms with E-state index in [1.54, 1.807) is 26.2 Å². The van der Waals surface area contributed by atoms with E-state index in [0.29, 0.717) is 22.6 Å². The summed E-state index contributed by atoms with van der Waals surface area (Å²) in [4.78, 5) is 27.4. The molecule has 0 radical (unpaired) electrons. The Morgan fingerprint density at radius 2 is 1.88 bits per heavy atom. The summed E-state index contributed by atoms with van der Waals surface area (Å²) in [6, 6.07) is 8.11. The fraction of sp³-hybridized carbons (Fsp3) is 0.167. The van der Waals surface area contributed by atoms with Gasteiger partial charge in [-0.2, -0.15) is 0 Å². The Kier molecular flexibility index (Phi) is 5.38. The Morgan fingerprint density at radius 3 is 2.36 bits per heavy atom. The number of pyridine rings is 1. The molecule has 0 fully saturated rings. The van der Waals surface area contributed by atoms with E-state index in [9.17, 15) is 9.59 Å². The number of allylic oxidation sites excluding steroid dienone is 1. The molecule has 0 aliphatic heterocycles. The molecule has 7 heteroatoms. The van der Waals surface area contributed by atoms with Gasteiger partial charge in [-0.25, -0.2) is 9.78 Å². The number of ether oxygens (including phenoxy) is 1. The van der Waals surface area contributed by atoms with Gasteiger partial charge in [-0.1, -0.05) is 6.07 Å². The summed E-state index contributed by atoms with van der Waals surface area (Å²) in [6.07, 6.45) is 1.17. The number of hydrogen-bond acceptors (Lipinski definition) is 5. The first kappa shape index (κ1) is 18.0. The van der Waals surface area contributed by atoms with E-state index in [-0.39, 0.29) is 11.4 Å². The first-order valence-electron chi connectivity index (χ1n) is 7.45. The van der Waals surface area contributed by atoms with E-state index < -0.39 is 11.9 Å². The largest absolute Gasteiger partial charge is 0.496 e. The van der Waals surface area contributed by atoms with Crippen molar-refractivity contribution in [1.29, 1.82) is 0 Å². The number of carbonyl (C=O) groups excluding carboxylic acids is 1. The van der Waals surface area contributed by atoms with Crippen LogP contribution < -0.4 is 15.8 Å². The maximum atomic E-state index is 12.6. The minimum atomic E-state index is -1.09. The second kappa shape index (κ2) is 7.48. The molecule has 1 aromatic carbocycles. The SMILES string of the molecule is COc1ccc(C(C(=O)Nc2ccc(C(=O)O)cn2)=C(C)N)cc1C. The number of methoxy groups -OCH3 is 1. The van der Waals surface area contributed by atoms with Gasteiger partial charge < -0.3 is 20.9 Å². The Bertz CT molecular complexity index is 838. The van der Waals surface area contributed by atoms with Crippen LogP contribution in [0.1, 0.15) is 28.4 Å². The van der Waals surface area contributed by atoms with Gasteiger partial charge in [0.1, 0.15) is 11.6 Å². The summed E-state index contributed by atoms with van der Waals surface area (Å²) >= 11 is 0. The molecular weight excluding hydrogens is 322 g/mol. The minimum Gasteiger partial charge on any atom is -0.496 e. The lowest BCUT2D eigenvalue weighted by Crippen LogP contribution is -2.18. The minimum absolute atomic E-state index is 0.0366. The number of aromatic carboxylic acids is 1. The molecule has 130 valence electrons. The fourth-order valence-electron chi connectivity index (χ4n) is 2.34. The van der Waals surface area contributed by atoms with Gasteiger partial charge in [-0.15, -0.1) is 0 Å². The zero-order chi connectivity index (χ0) is 18.6. The number of benzene rings is 1. The first-order valence-corrected chi connectivity index (χ1v) is 7.45. The smallest absolute Gasteiger partial charge is 0.337 e. The van der Waals surface area contributed by atoms with Crippen molar-refractivity contribution in [3.8, 4) is 5.75 Å². The molecule has 1 aromatic heterocycles. The maximum absolute atomic E-state index is 12.6. The van der Waals surface area contributed by atoms with Crippen LogP contribution >= 0.6 is 0 Å². The summed E-state index contributed by atoms with van der Waals surface area (Å²) < 4.78 is 5.22. The number of amides is 1. The zero-order valence-corrected chi connectivity index (χ0v) is 14.2. The number of carbonyl (C=O) groups is 2. The van der Waals surface area contributed by atoms with Gasteiger partial charge in [0.2, 0.25) is 0 Å². The fourth-order valence-corrected chi connectivity index (χ4v) is 2.34. The number of aromatic nitrogens is 1. The van der Waals surface area contributed by atoms with Crippen molar-refractivity contribution in [1.82, 2.24) is 4.98 Å². The standard InChI is InChI=1S/C18H19N3O4/c1-10-8-12(4-6-14(10)25-3)16(11(2)19)17(22)21-15-7-5-13(9-20-15)18(23)24/h4-9H,19H2,1-3H3,(H,23,24)(H,20,21,22). The van der Waals surface area contributed by atoms with Crippen LogP contribution in [0.5, 0.6) is 5.75 Å². The molecule has 0 atom stereocenters. The van der Waals surface area contributed by atoms with Crippen LogP contribution in [0, 0.1) is 6.92 Å². The van der Waals surface area contributed by atoms with Gasteiger partial charge >= 0.3 is 5.97 Å². The van der Waals surface area contributed by atoms with Crippen LogP contribution in [0.2, 0.25) is 0 Å². The maximum Gasteiger partial charge on any atom is 0.337 e. The average molecular weight is 341 g/mol. The molecule has 1 amide bonds. The number of anilines is 1. The van der Waals surface area contributed by atoms with E-state index >= 15 is 0 Å². The third-order valence-electron chi connectivity index (χ3n) is 3.56. The number of carboxylic acids is 1. The molecule has 1 heterocycles. The van der Waals surface area contributed by atoms with Crippen LogP contribution in [-0.2, 0) is 4.79 Å². The quantitative estimate of drug-likeness (QED) is 0.720. The molecular formula is C18H19N3O4. The molecule has 25 heavy (non-hydrogen) atoms. The van der Waals surface area contributed by atoms with Crippen molar-refractivity contribution >= 4 is 23.3 Å². The number of nitrogens with zero attached hydrogens (tertiary/aromatic N) is 1. The summed E-state index contributed by atoms with van der Waals surface area (Å²) in [5.41, 5.74) is 8.12. The van der Waals surface area contributed by atoms with Crippen LogP contribution in [-0.4, -0.2) is 29.1 Å². The molecule has 2 rings (SSSR count). The van der Waals surface area contributed by atoms with Gasteiger partial charge in [0.05, 0.1) is 18.2 Å². The summed E-state index contributed by atoms with van der Waals surface area (Å²) in [5, 5.41) is 11.5. The van der Waals surface area contributed by atoms with Gasteiger partial charge in [0.15, 0.2) is 0 Å². The Hall–Kier alpha value is -3.35. The Balaban J connectivity index is 2.29. The van der Waals surface area contributed by atoms with Crippen molar-refractivity contribution in [2.45, 2.75) is 13.8 Å². The average Bonchev–Trinajstić information content (AvgIpc) is 2.55. The summed E-state index contributed by atoms with van der Waals surface area (Å²) in [5.74, 6) is -0.569. The van der Waals surface area contributed by atoms with Crippen LogP contribution in [0.15, 0.2) is 42.2 Å². The van der Waals surface area contributed by atoms with Crippen molar-refractivity contribution in [3.63, 3.8) is 0 Å². The normalized spacial score (nSPS) is 11.5. The highest BCUT2D eigenvalue weighted by Crippen LogP contribution is 2.25. The van der Waals surface area contributed by atoms with Crippen molar-refractivity contribution in [2.75, 3.05) is 12.4 Å². The molecule has 4 N–H and O–H groups in total. The first-order chi connectivity index (χ1) is 11.8. The second-order valence-electron chi connectivity index (χ2n) is 5.43. The lowest BCUT2D eigenvalue weighted by Gasteiger charge is -2.13. The molecule has 0 bridgehead atoms. The van der Waals surface area contributed by atoms with E-state index in [1.165, 1.54) is 18.3 Å². The monoisotopic (exact) mass is 341 g/mol. The molecule has 0 aliphatic carbocycles. The lowest BCUT2D eigenvalue weighted by molar-refractivity contribution is -0.111. The predicted molar refractivity (Wildman–Crippen MR) is 94.3 cm³/mol. The molecule has 0 saturated carbocycles. The third kappa shape index (κ3) is 4.14. The molecule has 0 unspecified atom stereocenters. The molecule has 0 spiro atoms. The van der Waals surface area contributed by atoms with Gasteiger partial charge in [0.25, 0.3) is 5.91 Å². The molecule has 7 nitrogen and oxygen atoms in total. The highest BCUT2D eigenvalue weighted by molar-refractivity contribution is 6.25. The Morgan fingerprint density at radius 1 is 1.20 bits per heavy atom. The van der Waals surface area contributed by atoms with E-state index in [4.69, 9.17) is 15.6 Å². The predicted octanol–water partition coefficient (Wildman–Crippen LogP) is 2.43. The van der Waals surface area contributed by atoms with Crippen LogP contribution in [0.4, 0.5) is 5.82 Å². The van der Waals surface area contributed by atoms with Gasteiger partial charge in [-0.3, -0.25) is 4.79 Å². The van der Waals surface area contributed by atoms with Gasteiger partial charge in [0, 0.05) is 11.9 Å². The Labute approximate surface area is 145 Å². The molecule has 0 saturated heterocycles. The number of carboxylic acid groups (broad SMARTS) is 1. The van der Waals surface area contributed by atoms with Crippen molar-refractivity contribution in [3.05, 3.63) is 58.9 Å². The van der Waals surface area contributed by atoms with Crippen LogP contribution in [0.25, 0.3) is 5.57 Å². The topological polar surface area (TPSA) is 115 Å². The highest BCUT2D eigenvalue weighted by atomic mass is 16.5. The molecule has 2 aromatic rings. The second-order valence-corrected chi connectivity index (χ2v) is 5.43. The van der Waals surface area contributed by atoms with E-state index in [2.05, 4.69) is 10.3 Å². The number of nitrogens with one attached hydrogen (secondary N) is 1. The number of rotatable bonds is 5. The van der Waals surface area contributed by atoms with E-state index in [1.807, 2.05) is 13.0 Å². The third-order valence-corrected chi connectivity index (χ3v) is 3.56. The van der Waals surface area contributed by atoms with Crippen molar-refractivity contribution < 1.29 is 19.4 Å². The zero-order valence-electron chi connectivity index (χ0n) is 14.2. The number of aryl methyl sites for hydroxylation is 1. The molecule has 0 aliphatic rings. The van der Waals surface area contributed by atoms with Crippen molar-refractivity contribution in [2.24, 2.45) is 5.73 Å². The summed E-state index contributed by atoms with van der Waals surface area (Å²) in [6.45, 7) is 3.51. The summed E-state index contributed by atoms with van der Waals surface area (Å²) in [7, 11) is 1.58. The number of nitrogens with two attached hydrogens (primary N) is 1. The van der Waals surface area contributed by atoms with Gasteiger partial charge in [-0.05, 0) is 49.2 Å². The lowest BCUT2D eigenvalue weighted by atomic mass is 10.0. The number of hydrogen-bond donors (Lipinski definition) is 3. The van der Waals surface area contributed by atoms with Crippen LogP contribution in [0.3, 0.4) is 0 Å².